The van der Waals surface area contributed by atoms with Gasteiger partial charge in [-0.1, -0.05) is 55.5 Å². The Morgan fingerprint density at radius 1 is 1.03 bits per heavy atom. The Hall–Kier alpha value is -3.48. The lowest BCUT2D eigenvalue weighted by molar-refractivity contribution is -0.134. The SMILES string of the molecule is CCC(C(=O)N1CCC(NC(=O)Cn2nc(C)c3ccccc3c2=O)CC1)c1ccccc1. The first-order valence-corrected chi connectivity index (χ1v) is 11.6. The number of benzene rings is 2. The van der Waals surface area contributed by atoms with Gasteiger partial charge in [0.05, 0.1) is 17.0 Å². The van der Waals surface area contributed by atoms with Crippen LogP contribution in [0.3, 0.4) is 0 Å². The minimum Gasteiger partial charge on any atom is -0.352 e. The molecular weight excluding hydrogens is 416 g/mol. The van der Waals surface area contributed by atoms with Crippen molar-refractivity contribution in [3.05, 3.63) is 76.2 Å². The molecule has 1 saturated heterocycles. The van der Waals surface area contributed by atoms with Crippen molar-refractivity contribution in [1.29, 1.82) is 0 Å². The van der Waals surface area contributed by atoms with Gasteiger partial charge in [0.15, 0.2) is 0 Å². The van der Waals surface area contributed by atoms with E-state index in [-0.39, 0.29) is 35.9 Å². The summed E-state index contributed by atoms with van der Waals surface area (Å²) in [7, 11) is 0. The number of nitrogens with one attached hydrogen (secondary N) is 1. The molecule has 1 aliphatic rings. The molecule has 1 fully saturated rings. The summed E-state index contributed by atoms with van der Waals surface area (Å²) >= 11 is 0. The van der Waals surface area contributed by atoms with E-state index in [9.17, 15) is 14.4 Å². The average molecular weight is 447 g/mol. The molecule has 1 aliphatic heterocycles. The lowest BCUT2D eigenvalue weighted by Crippen LogP contribution is -2.48. The molecule has 3 aromatic rings. The number of hydrogen-bond donors (Lipinski definition) is 1. The second kappa shape index (κ2) is 9.98. The second-order valence-electron chi connectivity index (χ2n) is 8.63. The Morgan fingerprint density at radius 3 is 2.33 bits per heavy atom. The highest BCUT2D eigenvalue weighted by Crippen LogP contribution is 2.24. The maximum Gasteiger partial charge on any atom is 0.275 e. The molecule has 2 heterocycles. The molecule has 1 N–H and O–H groups in total. The van der Waals surface area contributed by atoms with E-state index in [0.29, 0.717) is 37.0 Å². The zero-order chi connectivity index (χ0) is 23.4. The van der Waals surface area contributed by atoms with Crippen LogP contribution in [0, 0.1) is 6.92 Å². The number of hydrogen-bond acceptors (Lipinski definition) is 4. The number of nitrogens with zero attached hydrogens (tertiary/aromatic N) is 3. The van der Waals surface area contributed by atoms with Crippen molar-refractivity contribution < 1.29 is 9.59 Å². The quantitative estimate of drug-likeness (QED) is 0.631. The molecule has 2 aromatic carbocycles. The van der Waals surface area contributed by atoms with Crippen molar-refractivity contribution in [1.82, 2.24) is 20.0 Å². The van der Waals surface area contributed by atoms with Crippen molar-refractivity contribution in [3.63, 3.8) is 0 Å². The van der Waals surface area contributed by atoms with Crippen LogP contribution in [0.2, 0.25) is 0 Å². The van der Waals surface area contributed by atoms with Gasteiger partial charge in [-0.3, -0.25) is 14.4 Å². The van der Waals surface area contributed by atoms with Gasteiger partial charge < -0.3 is 10.2 Å². The van der Waals surface area contributed by atoms with E-state index >= 15 is 0 Å². The van der Waals surface area contributed by atoms with Gasteiger partial charge in [0, 0.05) is 24.5 Å². The molecule has 172 valence electrons. The number of aromatic nitrogens is 2. The van der Waals surface area contributed by atoms with Gasteiger partial charge in [0.2, 0.25) is 11.8 Å². The lowest BCUT2D eigenvalue weighted by Gasteiger charge is -2.34. The van der Waals surface area contributed by atoms with E-state index in [0.717, 1.165) is 17.4 Å². The predicted octanol–water partition coefficient (Wildman–Crippen LogP) is 3.01. The monoisotopic (exact) mass is 446 g/mol. The molecule has 0 radical (unpaired) electrons. The summed E-state index contributed by atoms with van der Waals surface area (Å²) in [6.45, 7) is 4.98. The van der Waals surface area contributed by atoms with E-state index in [1.54, 1.807) is 6.07 Å². The summed E-state index contributed by atoms with van der Waals surface area (Å²) in [4.78, 5) is 40.3. The Labute approximate surface area is 193 Å². The molecule has 1 atom stereocenters. The Balaban J connectivity index is 1.34. The highest BCUT2D eigenvalue weighted by atomic mass is 16.2. The van der Waals surface area contributed by atoms with Crippen LogP contribution < -0.4 is 10.9 Å². The van der Waals surface area contributed by atoms with Crippen LogP contribution in [0.25, 0.3) is 10.8 Å². The van der Waals surface area contributed by atoms with Crippen molar-refractivity contribution in [2.24, 2.45) is 0 Å². The number of carbonyl (C=O) groups is 2. The molecule has 0 saturated carbocycles. The van der Waals surface area contributed by atoms with Crippen molar-refractivity contribution in [3.8, 4) is 0 Å². The van der Waals surface area contributed by atoms with E-state index in [2.05, 4.69) is 10.4 Å². The van der Waals surface area contributed by atoms with Gasteiger partial charge in [-0.2, -0.15) is 5.10 Å². The second-order valence-corrected chi connectivity index (χ2v) is 8.63. The topological polar surface area (TPSA) is 84.3 Å². The average Bonchev–Trinajstić information content (AvgIpc) is 2.84. The van der Waals surface area contributed by atoms with Gasteiger partial charge in [0.1, 0.15) is 6.54 Å². The predicted molar refractivity (Wildman–Crippen MR) is 128 cm³/mol. The summed E-state index contributed by atoms with van der Waals surface area (Å²) in [5.41, 5.74) is 1.50. The van der Waals surface area contributed by atoms with Gasteiger partial charge >= 0.3 is 0 Å². The Morgan fingerprint density at radius 2 is 1.67 bits per heavy atom. The lowest BCUT2D eigenvalue weighted by atomic mass is 9.93. The fraction of sp³-hybridized carbons (Fsp3) is 0.385. The molecule has 1 aromatic heterocycles. The molecule has 7 nitrogen and oxygen atoms in total. The molecular formula is C26H30N4O3. The molecule has 7 heteroatoms. The summed E-state index contributed by atoms with van der Waals surface area (Å²) < 4.78 is 1.23. The summed E-state index contributed by atoms with van der Waals surface area (Å²) in [6, 6.07) is 17.2. The number of fused-ring (bicyclic) bond motifs is 1. The van der Waals surface area contributed by atoms with Gasteiger partial charge in [0.25, 0.3) is 5.56 Å². The molecule has 4 rings (SSSR count). The molecule has 0 aliphatic carbocycles. The van der Waals surface area contributed by atoms with Crippen LogP contribution in [0.1, 0.15) is 43.4 Å². The third kappa shape index (κ3) is 4.97. The maximum absolute atomic E-state index is 13.1. The summed E-state index contributed by atoms with van der Waals surface area (Å²) in [6.07, 6.45) is 2.15. The van der Waals surface area contributed by atoms with E-state index in [1.165, 1.54) is 4.68 Å². The normalized spacial score (nSPS) is 15.4. The Kier molecular flexibility index (Phi) is 6.87. The van der Waals surface area contributed by atoms with Gasteiger partial charge in [-0.25, -0.2) is 4.68 Å². The first kappa shape index (κ1) is 22.7. The van der Waals surface area contributed by atoms with E-state index in [4.69, 9.17) is 0 Å². The smallest absolute Gasteiger partial charge is 0.275 e. The fourth-order valence-corrected chi connectivity index (χ4v) is 4.62. The van der Waals surface area contributed by atoms with Crippen LogP contribution in [0.4, 0.5) is 0 Å². The number of carbonyl (C=O) groups excluding carboxylic acids is 2. The van der Waals surface area contributed by atoms with Crippen LogP contribution in [0.15, 0.2) is 59.4 Å². The fourth-order valence-electron chi connectivity index (χ4n) is 4.62. The zero-order valence-electron chi connectivity index (χ0n) is 19.2. The first-order chi connectivity index (χ1) is 16.0. The van der Waals surface area contributed by atoms with E-state index in [1.807, 2.05) is 67.3 Å². The van der Waals surface area contributed by atoms with Crippen LogP contribution in [-0.4, -0.2) is 45.6 Å². The van der Waals surface area contributed by atoms with Crippen molar-refractivity contribution >= 4 is 22.6 Å². The molecule has 2 amide bonds. The minimum atomic E-state index is -0.265. The van der Waals surface area contributed by atoms with Crippen molar-refractivity contribution in [2.75, 3.05) is 13.1 Å². The summed E-state index contributed by atoms with van der Waals surface area (Å²) in [5, 5.41) is 8.70. The highest BCUT2D eigenvalue weighted by Gasteiger charge is 2.29. The summed E-state index contributed by atoms with van der Waals surface area (Å²) in [5.74, 6) is -0.220. The number of likely N-dealkylation sites (tertiary alicyclic amines) is 1. The van der Waals surface area contributed by atoms with Crippen LogP contribution in [0.5, 0.6) is 0 Å². The number of rotatable bonds is 6. The Bertz CT molecular complexity index is 1200. The molecule has 0 bridgehead atoms. The van der Waals surface area contributed by atoms with Gasteiger partial charge in [-0.15, -0.1) is 0 Å². The van der Waals surface area contributed by atoms with Crippen LogP contribution >= 0.6 is 0 Å². The zero-order valence-corrected chi connectivity index (χ0v) is 19.2. The number of amides is 2. The van der Waals surface area contributed by atoms with Crippen molar-refractivity contribution in [2.45, 2.75) is 51.6 Å². The molecule has 1 unspecified atom stereocenters. The van der Waals surface area contributed by atoms with Crippen LogP contribution in [-0.2, 0) is 16.1 Å². The number of piperidine rings is 1. The molecule has 33 heavy (non-hydrogen) atoms. The van der Waals surface area contributed by atoms with Gasteiger partial charge in [-0.05, 0) is 37.8 Å². The largest absolute Gasteiger partial charge is 0.352 e. The molecule has 0 spiro atoms. The number of aryl methyl sites for hydroxylation is 1. The standard InChI is InChI=1S/C26H30N4O3/c1-3-21(19-9-5-4-6-10-19)25(32)29-15-13-20(14-16-29)27-24(31)17-30-26(33)23-12-8-7-11-22(23)18(2)28-30/h4-12,20-21H,3,13-17H2,1-2H3,(H,27,31). The first-order valence-electron chi connectivity index (χ1n) is 11.6. The highest BCUT2D eigenvalue weighted by molar-refractivity contribution is 5.84. The van der Waals surface area contributed by atoms with E-state index < -0.39 is 0 Å². The maximum atomic E-state index is 13.1. The third-order valence-corrected chi connectivity index (χ3v) is 6.43. The minimum absolute atomic E-state index is 0.0180. The third-order valence-electron chi connectivity index (χ3n) is 6.43.